The zero-order valence-electron chi connectivity index (χ0n) is 26.6. The molecule has 0 amide bonds. The van der Waals surface area contributed by atoms with Crippen molar-refractivity contribution in [3.63, 3.8) is 0 Å². The summed E-state index contributed by atoms with van der Waals surface area (Å²) in [6.45, 7) is 0. The molecule has 34 nitrogen and oxygen atoms in total. The molecular formula is C8H42CoMo8N2O32-41. The number of rotatable bonds is 0. The molecule has 0 rings (SSSR count). The number of nitrogens with zero attached hydrogens (tertiary/aromatic N) is 2. The second-order valence-electron chi connectivity index (χ2n) is 5.37. The molecule has 0 aromatic rings. The molecule has 0 bridgehead atoms. The maximum atomic E-state index is 2.12. The third-order valence-electron chi connectivity index (χ3n) is 0. The van der Waals surface area contributed by atoms with Crippen LogP contribution in [-0.4, -0.2) is 65.3 Å². The minimum atomic E-state index is 0. The second-order valence-corrected chi connectivity index (χ2v) is 5.37. The average molecular weight is 1500 g/mol. The molecule has 0 aliphatic rings. The third-order valence-corrected chi connectivity index (χ3v) is 0. The fourth-order valence-corrected chi connectivity index (χ4v) is 0. The first-order chi connectivity index (χ1) is 4.00. The van der Waals surface area contributed by atoms with E-state index in [9.17, 15) is 0 Å². The van der Waals surface area contributed by atoms with Crippen LogP contribution in [0.3, 0.4) is 0 Å². The summed E-state index contributed by atoms with van der Waals surface area (Å²) in [5.74, 6) is 0. The smallest absolute Gasteiger partial charge is 2.00 e. The molecule has 0 saturated carbocycles. The van der Waals surface area contributed by atoms with Gasteiger partial charge in [-0.2, -0.15) is 0 Å². The van der Waals surface area contributed by atoms with Crippen LogP contribution in [0, 0.1) is 0 Å². The molecule has 0 heterocycles. The van der Waals surface area contributed by atoms with E-state index >= 15 is 0 Å². The summed E-state index contributed by atoms with van der Waals surface area (Å²) in [4.78, 5) is 0. The van der Waals surface area contributed by atoms with Crippen molar-refractivity contribution in [2.24, 2.45) is 0 Å². The van der Waals surface area contributed by atoms with Crippen LogP contribution in [0.25, 0.3) is 0 Å². The maximum absolute atomic E-state index is 2.12. The summed E-state index contributed by atoms with van der Waals surface area (Å²) in [6, 6.07) is 0. The summed E-state index contributed by atoms with van der Waals surface area (Å²) in [7, 11) is 17.0. The molecule has 0 fully saturated rings. The van der Waals surface area contributed by atoms with Gasteiger partial charge in [0, 0.05) is 169 Å². The van der Waals surface area contributed by atoms with E-state index in [0.717, 1.165) is 8.97 Å². The molecule has 374 valence electrons. The van der Waals surface area contributed by atoms with E-state index in [-0.39, 0.29) is 361 Å². The van der Waals surface area contributed by atoms with Crippen molar-refractivity contribution in [3.8, 4) is 0 Å². The van der Waals surface area contributed by atoms with E-state index in [1.807, 2.05) is 0 Å². The predicted octanol–water partition coefficient (Wildman–Crippen LogP) is -8.00. The summed E-state index contributed by atoms with van der Waals surface area (Å²) in [6.07, 6.45) is 0. The summed E-state index contributed by atoms with van der Waals surface area (Å²) in [5, 5.41) is 0. The van der Waals surface area contributed by atoms with E-state index in [2.05, 4.69) is 56.4 Å². The van der Waals surface area contributed by atoms with Gasteiger partial charge in [-0.05, 0) is 0 Å². The van der Waals surface area contributed by atoms with Crippen molar-refractivity contribution in [3.05, 3.63) is 0 Å². The minimum absolute atomic E-state index is 0. The Morgan fingerprint density at radius 1 is 0.157 bits per heavy atom. The van der Waals surface area contributed by atoms with E-state index in [1.165, 1.54) is 0 Å². The number of quaternary nitrogens is 2. The molecular weight excluding hydrogens is 1460 g/mol. The van der Waals surface area contributed by atoms with E-state index in [1.54, 1.807) is 0 Å². The molecule has 18 N–H and O–H groups in total. The third kappa shape index (κ3) is 7000. The summed E-state index contributed by atoms with van der Waals surface area (Å²) >= 11 is 0. The Labute approximate surface area is 421 Å². The SMILES string of the molecule is C[N+](C)(C)C.C[N+](C)(C)C.[Co+3].[Mo].[Mo].[Mo].[Mo].[Mo].[Mo].[Mo].[Mo].[O-2].[O-2].[O-2].[O-2].[O-2].[O-2].[O-2].[O-2].[O-2].[O-2].[O-2].[O-2].[O-2].[O-2].[O-2].[O-2].[O-2].[O-2].[O-2].[O-2].[O-2].[O-2].[O-2].[O-2].[O-2].[O-2].[OH3+].[OH3+].[OH3+].[OH3+].[OH3+].[OH3+]. The first-order valence-corrected chi connectivity index (χ1v) is 3.58. The maximum Gasteiger partial charge on any atom is 3.00 e. The Bertz CT molecular complexity index is 122. The molecule has 0 spiro atoms. The molecule has 43 heteroatoms. The largest absolute Gasteiger partial charge is 3.00 e. The Morgan fingerprint density at radius 3 is 0.157 bits per heavy atom. The standard InChI is InChI=1S/2C4H12N.Co.8Mo.6H2O.26O/c2*1-5(2,3)4;;;;;;;;;;;;;;;;;;;;;;;;;;;;;;;;;;;;;;;;;/h2*1-4H3;;;;;;;;;;6*1H2;;;;;;;;;;;;;;;;;;;;;;;;;;/q2*+1;+3;;;;;;;;;;;;;;;26*-2/p+6. The van der Waals surface area contributed by atoms with Gasteiger partial charge in [-0.15, -0.1) is 0 Å². The Morgan fingerprint density at radius 2 is 0.157 bits per heavy atom. The van der Waals surface area contributed by atoms with Crippen molar-refractivity contribution in [2.45, 2.75) is 0 Å². The van der Waals surface area contributed by atoms with Gasteiger partial charge < -0.3 is 184 Å². The van der Waals surface area contributed by atoms with Gasteiger partial charge in [0.15, 0.2) is 0 Å². The van der Waals surface area contributed by atoms with Gasteiger partial charge in [-0.25, -0.2) is 0 Å². The molecule has 0 radical (unpaired) electrons. The quantitative estimate of drug-likeness (QED) is 0.124. The van der Waals surface area contributed by atoms with Crippen molar-refractivity contribution in [1.82, 2.24) is 0 Å². The van der Waals surface area contributed by atoms with Gasteiger partial charge in [0.2, 0.25) is 0 Å². The van der Waals surface area contributed by atoms with Gasteiger partial charge in [0.25, 0.3) is 0 Å². The van der Waals surface area contributed by atoms with E-state index in [0.29, 0.717) is 0 Å². The zero-order chi connectivity index (χ0) is 9.00. The fraction of sp³-hybridized carbons (Fsp3) is 1.00. The Balaban J connectivity index is -0.000000000339. The predicted molar refractivity (Wildman–Crippen MR) is 95.0 cm³/mol. The van der Waals surface area contributed by atoms with Crippen molar-refractivity contribution in [2.75, 3.05) is 56.4 Å². The molecule has 0 aliphatic carbocycles. The van der Waals surface area contributed by atoms with Crippen LogP contribution in [0.15, 0.2) is 0 Å². The van der Waals surface area contributed by atoms with Crippen molar-refractivity contribution in [1.29, 1.82) is 0 Å². The van der Waals surface area contributed by atoms with Crippen LogP contribution < -0.4 is 0 Å². The van der Waals surface area contributed by atoms with Gasteiger partial charge in [-0.3, -0.25) is 0 Å². The van der Waals surface area contributed by atoms with Crippen LogP contribution in [0.4, 0.5) is 0 Å². The van der Waals surface area contributed by atoms with Gasteiger partial charge in [0.1, 0.15) is 0 Å². The molecule has 0 atom stereocenters. The van der Waals surface area contributed by atoms with Crippen LogP contribution >= 0.6 is 0 Å². The van der Waals surface area contributed by atoms with Crippen LogP contribution in [0.2, 0.25) is 0 Å². The number of hydrogen-bond donors (Lipinski definition) is 0. The monoisotopic (exact) mass is 1520 g/mol. The summed E-state index contributed by atoms with van der Waals surface area (Å²) in [5.41, 5.74) is 0. The molecule has 0 unspecified atom stereocenters. The van der Waals surface area contributed by atoms with Crippen LogP contribution in [0.1, 0.15) is 0 Å². The molecule has 0 aromatic carbocycles. The minimum Gasteiger partial charge on any atom is -2.00 e. The second kappa shape index (κ2) is 567. The van der Waals surface area contributed by atoms with E-state index < -0.39 is 0 Å². The first kappa shape index (κ1) is 1040. The Kier molecular flexibility index (Phi) is 11500. The van der Waals surface area contributed by atoms with Gasteiger partial charge in [-0.1, -0.05) is 0 Å². The van der Waals surface area contributed by atoms with Gasteiger partial charge >= 0.3 is 16.8 Å². The first-order valence-electron chi connectivity index (χ1n) is 3.58. The average Bonchev–Trinajstić information content (AvgIpc) is 1.12. The van der Waals surface area contributed by atoms with Crippen molar-refractivity contribution < 1.29 is 370 Å². The summed E-state index contributed by atoms with van der Waals surface area (Å²) < 4.78 is 2.00. The van der Waals surface area contributed by atoms with E-state index in [4.69, 9.17) is 0 Å². The number of hydrogen-bond acceptors (Lipinski definition) is 0. The zero-order valence-corrected chi connectivity index (χ0v) is 43.7. The van der Waals surface area contributed by atoms with Crippen molar-refractivity contribution >= 4 is 0 Å². The van der Waals surface area contributed by atoms with Crippen LogP contribution in [0.5, 0.6) is 0 Å². The fourth-order valence-electron chi connectivity index (χ4n) is 0. The molecule has 0 saturated heterocycles. The topological polar surface area (TPSA) is 939 Å². The molecule has 0 aromatic heterocycles. The Hall–Kier alpha value is 4.65. The molecule has 51 heavy (non-hydrogen) atoms. The normalized spacial score (nSPS) is 2.35. The van der Waals surface area contributed by atoms with Crippen LogP contribution in [-0.2, 0) is 361 Å². The van der Waals surface area contributed by atoms with Gasteiger partial charge in [0.05, 0.1) is 56.4 Å². The molecule has 0 aliphatic heterocycles.